The fraction of sp³-hybridized carbons (Fsp3) is 0.208. The molecule has 1 atom stereocenters. The van der Waals surface area contributed by atoms with E-state index in [2.05, 4.69) is 0 Å². The van der Waals surface area contributed by atoms with Crippen molar-refractivity contribution < 1.29 is 17.9 Å². The lowest BCUT2D eigenvalue weighted by atomic mass is 10.1. The summed E-state index contributed by atoms with van der Waals surface area (Å²) in [5.41, 5.74) is 2.26. The van der Waals surface area contributed by atoms with E-state index in [-0.39, 0.29) is 23.4 Å². The molecule has 0 aromatic heterocycles. The van der Waals surface area contributed by atoms with E-state index in [9.17, 15) is 13.2 Å². The van der Waals surface area contributed by atoms with Crippen LogP contribution in [-0.4, -0.2) is 34.0 Å². The van der Waals surface area contributed by atoms with Crippen LogP contribution in [0.4, 0.5) is 11.4 Å². The van der Waals surface area contributed by atoms with Gasteiger partial charge in [0.15, 0.2) is 0 Å². The van der Waals surface area contributed by atoms with Crippen molar-refractivity contribution in [3.8, 4) is 5.75 Å². The molecule has 0 radical (unpaired) electrons. The molecule has 8 heteroatoms. The molecular formula is C24H23ClN2O4S. The molecule has 6 nitrogen and oxygen atoms in total. The van der Waals surface area contributed by atoms with Gasteiger partial charge in [0.25, 0.3) is 10.0 Å². The Hall–Kier alpha value is -3.03. The molecule has 0 saturated carbocycles. The zero-order valence-electron chi connectivity index (χ0n) is 17.7. The van der Waals surface area contributed by atoms with Gasteiger partial charge in [-0.15, -0.1) is 0 Å². The average Bonchev–Trinajstić information content (AvgIpc) is 3.13. The normalized spacial score (nSPS) is 15.3. The molecule has 0 bridgehead atoms. The molecule has 0 spiro atoms. The van der Waals surface area contributed by atoms with Crippen molar-refractivity contribution >= 4 is 38.9 Å². The number of halogens is 1. The summed E-state index contributed by atoms with van der Waals surface area (Å²) in [5.74, 6) is 0.245. The first-order valence-electron chi connectivity index (χ1n) is 10.1. The number of methoxy groups -OCH3 is 1. The third-order valence-electron chi connectivity index (χ3n) is 5.52. The van der Waals surface area contributed by atoms with Crippen LogP contribution in [0.3, 0.4) is 0 Å². The molecule has 3 aromatic carbocycles. The highest BCUT2D eigenvalue weighted by molar-refractivity contribution is 7.92. The minimum atomic E-state index is -4.02. The lowest BCUT2D eigenvalue weighted by Crippen LogP contribution is -2.45. The van der Waals surface area contributed by atoms with Crippen LogP contribution in [0.25, 0.3) is 0 Å². The molecule has 166 valence electrons. The highest BCUT2D eigenvalue weighted by Gasteiger charge is 2.34. The third-order valence-corrected chi connectivity index (χ3v) is 7.56. The van der Waals surface area contributed by atoms with E-state index in [1.165, 1.54) is 19.2 Å². The van der Waals surface area contributed by atoms with Crippen LogP contribution in [-0.2, 0) is 21.2 Å². The Morgan fingerprint density at radius 1 is 1.06 bits per heavy atom. The zero-order valence-corrected chi connectivity index (χ0v) is 19.3. The lowest BCUT2D eigenvalue weighted by molar-refractivity contribution is -0.117. The summed E-state index contributed by atoms with van der Waals surface area (Å²) in [6.45, 7) is 1.62. The van der Waals surface area contributed by atoms with Gasteiger partial charge in [-0.1, -0.05) is 29.8 Å². The van der Waals surface area contributed by atoms with Gasteiger partial charge in [-0.05, 0) is 73.5 Å². The van der Waals surface area contributed by atoms with Gasteiger partial charge in [0.2, 0.25) is 5.91 Å². The number of ether oxygens (including phenoxy) is 1. The summed E-state index contributed by atoms with van der Waals surface area (Å²) < 4.78 is 33.4. The summed E-state index contributed by atoms with van der Waals surface area (Å²) in [5, 5.41) is 0.476. The van der Waals surface area contributed by atoms with Crippen LogP contribution >= 0.6 is 11.6 Å². The van der Waals surface area contributed by atoms with Gasteiger partial charge in [0.05, 0.1) is 17.7 Å². The summed E-state index contributed by atoms with van der Waals surface area (Å²) in [4.78, 5) is 15.2. The van der Waals surface area contributed by atoms with Crippen molar-refractivity contribution in [3.63, 3.8) is 0 Å². The van der Waals surface area contributed by atoms with Crippen molar-refractivity contribution in [1.82, 2.24) is 0 Å². The van der Waals surface area contributed by atoms with Crippen molar-refractivity contribution in [3.05, 3.63) is 83.4 Å². The van der Waals surface area contributed by atoms with Crippen molar-refractivity contribution in [2.45, 2.75) is 24.3 Å². The molecule has 1 aliphatic heterocycles. The Bertz CT molecular complexity index is 1230. The average molecular weight is 471 g/mol. The SMILES string of the molecule is COc1ccc(S(=O)(=O)N(CC(=O)N2c3ccccc3C[C@H]2C)c2ccc(Cl)cc2)cc1. The predicted molar refractivity (Wildman–Crippen MR) is 126 cm³/mol. The van der Waals surface area contributed by atoms with E-state index in [1.807, 2.05) is 31.2 Å². The van der Waals surface area contributed by atoms with Crippen LogP contribution < -0.4 is 13.9 Å². The Kier molecular flexibility index (Phi) is 6.13. The van der Waals surface area contributed by atoms with E-state index in [0.29, 0.717) is 16.5 Å². The number of hydrogen-bond donors (Lipinski definition) is 0. The van der Waals surface area contributed by atoms with E-state index in [4.69, 9.17) is 16.3 Å². The lowest BCUT2D eigenvalue weighted by Gasteiger charge is -2.29. The maximum Gasteiger partial charge on any atom is 0.264 e. The summed E-state index contributed by atoms with van der Waals surface area (Å²) >= 11 is 6.01. The van der Waals surface area contributed by atoms with E-state index < -0.39 is 10.0 Å². The minimum Gasteiger partial charge on any atom is -0.497 e. The fourth-order valence-electron chi connectivity index (χ4n) is 3.94. The number of fused-ring (bicyclic) bond motifs is 1. The second-order valence-electron chi connectivity index (χ2n) is 7.61. The quantitative estimate of drug-likeness (QED) is 0.531. The highest BCUT2D eigenvalue weighted by Crippen LogP contribution is 2.33. The van der Waals surface area contributed by atoms with E-state index in [0.717, 1.165) is 22.0 Å². The van der Waals surface area contributed by atoms with Gasteiger partial charge in [-0.2, -0.15) is 0 Å². The molecule has 0 unspecified atom stereocenters. The maximum absolute atomic E-state index is 13.6. The van der Waals surface area contributed by atoms with Crippen molar-refractivity contribution in [2.75, 3.05) is 22.9 Å². The summed E-state index contributed by atoms with van der Waals surface area (Å²) in [6, 6.07) is 20.1. The molecule has 1 heterocycles. The van der Waals surface area contributed by atoms with E-state index >= 15 is 0 Å². The molecule has 1 aliphatic rings. The maximum atomic E-state index is 13.6. The Labute approximate surface area is 193 Å². The highest BCUT2D eigenvalue weighted by atomic mass is 35.5. The molecule has 32 heavy (non-hydrogen) atoms. The summed E-state index contributed by atoms with van der Waals surface area (Å²) in [7, 11) is -2.51. The molecule has 3 aromatic rings. The van der Waals surface area contributed by atoms with E-state index in [1.54, 1.807) is 41.3 Å². The number of hydrogen-bond acceptors (Lipinski definition) is 4. The second kappa shape index (κ2) is 8.84. The fourth-order valence-corrected chi connectivity index (χ4v) is 5.48. The number of sulfonamides is 1. The monoisotopic (exact) mass is 470 g/mol. The number of rotatable bonds is 6. The first-order valence-corrected chi connectivity index (χ1v) is 12.0. The van der Waals surface area contributed by atoms with Crippen LogP contribution in [0.15, 0.2) is 77.7 Å². The first-order chi connectivity index (χ1) is 15.3. The van der Waals surface area contributed by atoms with Gasteiger partial charge >= 0.3 is 0 Å². The predicted octanol–water partition coefficient (Wildman–Crippen LogP) is 4.52. The Balaban J connectivity index is 1.72. The van der Waals surface area contributed by atoms with Gasteiger partial charge in [0, 0.05) is 16.8 Å². The first kappa shape index (κ1) is 22.2. The van der Waals surface area contributed by atoms with Crippen molar-refractivity contribution in [2.24, 2.45) is 0 Å². The van der Waals surface area contributed by atoms with Gasteiger partial charge in [0.1, 0.15) is 12.3 Å². The van der Waals surface area contributed by atoms with Crippen LogP contribution in [0.1, 0.15) is 12.5 Å². The number of amides is 1. The zero-order chi connectivity index (χ0) is 22.9. The standard InChI is InChI=1S/C24H23ClN2O4S/c1-17-15-18-5-3-4-6-23(18)27(17)24(28)16-26(20-9-7-19(25)8-10-20)32(29,30)22-13-11-21(31-2)12-14-22/h3-14,17H,15-16H2,1-2H3/t17-/m1/s1. The number of para-hydroxylation sites is 1. The van der Waals surface area contributed by atoms with Crippen molar-refractivity contribution in [1.29, 1.82) is 0 Å². The van der Waals surface area contributed by atoms with Crippen LogP contribution in [0.5, 0.6) is 5.75 Å². The van der Waals surface area contributed by atoms with Gasteiger partial charge in [-0.3, -0.25) is 9.10 Å². The molecule has 0 saturated heterocycles. The Morgan fingerprint density at radius 2 is 1.72 bits per heavy atom. The van der Waals surface area contributed by atoms with Gasteiger partial charge < -0.3 is 9.64 Å². The molecule has 0 fully saturated rings. The number of anilines is 2. The van der Waals surface area contributed by atoms with Gasteiger partial charge in [-0.25, -0.2) is 8.42 Å². The second-order valence-corrected chi connectivity index (χ2v) is 9.91. The third kappa shape index (κ3) is 4.18. The number of benzene rings is 3. The number of carbonyl (C=O) groups excluding carboxylic acids is 1. The topological polar surface area (TPSA) is 66.9 Å². The van der Waals surface area contributed by atoms with Crippen LogP contribution in [0.2, 0.25) is 5.02 Å². The largest absolute Gasteiger partial charge is 0.497 e. The number of carbonyl (C=O) groups is 1. The smallest absolute Gasteiger partial charge is 0.264 e. The number of nitrogens with zero attached hydrogens (tertiary/aromatic N) is 2. The van der Waals surface area contributed by atoms with Crippen LogP contribution in [0, 0.1) is 0 Å². The minimum absolute atomic E-state index is 0.0596. The molecule has 4 rings (SSSR count). The molecule has 0 N–H and O–H groups in total. The Morgan fingerprint density at radius 3 is 2.38 bits per heavy atom. The molecule has 0 aliphatic carbocycles. The molecular weight excluding hydrogens is 448 g/mol. The molecule has 1 amide bonds. The summed E-state index contributed by atoms with van der Waals surface area (Å²) in [6.07, 6.45) is 0.730.